The summed E-state index contributed by atoms with van der Waals surface area (Å²) in [5, 5.41) is 11.5. The second-order valence-corrected chi connectivity index (χ2v) is 8.72. The van der Waals surface area contributed by atoms with Crippen LogP contribution in [0.4, 0.5) is 0 Å². The van der Waals surface area contributed by atoms with E-state index in [9.17, 15) is 0 Å². The predicted octanol–water partition coefficient (Wildman–Crippen LogP) is 8.06. The lowest BCUT2D eigenvalue weighted by Crippen LogP contribution is -1.86. The maximum absolute atomic E-state index is 4.80. The maximum Gasteiger partial charge on any atom is 0.0786 e. The molecule has 7 rings (SSSR count). The summed E-state index contributed by atoms with van der Waals surface area (Å²) >= 11 is 1.88. The quantitative estimate of drug-likeness (QED) is 0.190. The van der Waals surface area contributed by atoms with Crippen LogP contribution in [0, 0.1) is 0 Å². The van der Waals surface area contributed by atoms with Gasteiger partial charge in [0.15, 0.2) is 0 Å². The summed E-state index contributed by atoms with van der Waals surface area (Å²) < 4.78 is 2.69. The molecule has 0 radical (unpaired) electrons. The van der Waals surface area contributed by atoms with Gasteiger partial charge >= 0.3 is 0 Å². The van der Waals surface area contributed by atoms with Crippen LogP contribution >= 0.6 is 11.3 Å². The molecule has 0 aliphatic heterocycles. The van der Waals surface area contributed by atoms with Crippen LogP contribution in [0.1, 0.15) is 0 Å². The molecule has 0 atom stereocenters. The molecule has 0 fully saturated rings. The minimum Gasteiger partial charge on any atom is -0.256 e. The van der Waals surface area contributed by atoms with Crippen LogP contribution in [0.25, 0.3) is 63.4 Å². The summed E-state index contributed by atoms with van der Waals surface area (Å²) in [5.41, 5.74) is 1.08. The van der Waals surface area contributed by atoms with E-state index >= 15 is 0 Å². The van der Waals surface area contributed by atoms with E-state index in [1.165, 1.54) is 57.9 Å². The Labute approximate surface area is 170 Å². The Hall–Kier alpha value is -3.49. The molecule has 0 saturated carbocycles. The van der Waals surface area contributed by atoms with Gasteiger partial charge in [0.2, 0.25) is 0 Å². The van der Waals surface area contributed by atoms with Crippen molar-refractivity contribution in [3.63, 3.8) is 0 Å². The fourth-order valence-electron chi connectivity index (χ4n) is 4.71. The highest BCUT2D eigenvalue weighted by atomic mass is 32.1. The van der Waals surface area contributed by atoms with Crippen LogP contribution in [-0.4, -0.2) is 4.98 Å². The number of benzene rings is 5. The van der Waals surface area contributed by atoms with Gasteiger partial charge in [-0.15, -0.1) is 11.3 Å². The van der Waals surface area contributed by atoms with E-state index in [-0.39, 0.29) is 0 Å². The van der Waals surface area contributed by atoms with Crippen LogP contribution in [0.15, 0.2) is 91.1 Å². The fourth-order valence-corrected chi connectivity index (χ4v) is 5.84. The van der Waals surface area contributed by atoms with Crippen molar-refractivity contribution in [2.75, 3.05) is 0 Å². The van der Waals surface area contributed by atoms with Crippen molar-refractivity contribution in [3.05, 3.63) is 91.1 Å². The van der Waals surface area contributed by atoms with Crippen molar-refractivity contribution in [2.45, 2.75) is 0 Å². The third kappa shape index (κ3) is 2.07. The molecule has 1 nitrogen and oxygen atoms in total. The molecule has 134 valence electrons. The van der Waals surface area contributed by atoms with Crippen LogP contribution < -0.4 is 0 Å². The largest absolute Gasteiger partial charge is 0.256 e. The van der Waals surface area contributed by atoms with Crippen molar-refractivity contribution in [3.8, 4) is 0 Å². The maximum atomic E-state index is 4.80. The zero-order chi connectivity index (χ0) is 18.9. The van der Waals surface area contributed by atoms with Crippen molar-refractivity contribution in [2.24, 2.45) is 0 Å². The summed E-state index contributed by atoms with van der Waals surface area (Å²) in [6.45, 7) is 0. The first-order valence-electron chi connectivity index (χ1n) is 9.81. The van der Waals surface area contributed by atoms with Crippen LogP contribution in [0.3, 0.4) is 0 Å². The van der Waals surface area contributed by atoms with E-state index in [4.69, 9.17) is 4.98 Å². The van der Waals surface area contributed by atoms with Gasteiger partial charge in [0.05, 0.1) is 5.52 Å². The van der Waals surface area contributed by atoms with E-state index in [0.717, 1.165) is 5.52 Å². The summed E-state index contributed by atoms with van der Waals surface area (Å²) in [7, 11) is 0. The number of rotatable bonds is 0. The van der Waals surface area contributed by atoms with E-state index in [1.54, 1.807) is 0 Å². The molecule has 0 aliphatic rings. The van der Waals surface area contributed by atoms with Gasteiger partial charge in [0.1, 0.15) is 0 Å². The molecule has 2 heteroatoms. The number of hydrogen-bond acceptors (Lipinski definition) is 2. The zero-order valence-electron chi connectivity index (χ0n) is 15.5. The van der Waals surface area contributed by atoms with Crippen LogP contribution in [-0.2, 0) is 0 Å². The SMILES string of the molecule is c1ccc2cc3c(cc2c1)c1cc2sc4ccccc4c2cc1c1cccnc13. The first-order chi connectivity index (χ1) is 14.4. The normalized spacial score (nSPS) is 12.1. The number of thiophene rings is 1. The molecule has 0 amide bonds. The number of fused-ring (bicyclic) bond motifs is 10. The molecule has 2 aromatic heterocycles. The molecule has 0 unspecified atom stereocenters. The second kappa shape index (κ2) is 5.53. The summed E-state index contributed by atoms with van der Waals surface area (Å²) in [6.07, 6.45) is 1.90. The minimum atomic E-state index is 1.08. The number of nitrogens with zero attached hydrogens (tertiary/aromatic N) is 1. The predicted molar refractivity (Wildman–Crippen MR) is 127 cm³/mol. The monoisotopic (exact) mass is 385 g/mol. The highest BCUT2D eigenvalue weighted by Crippen LogP contribution is 2.42. The lowest BCUT2D eigenvalue weighted by Gasteiger charge is -2.11. The second-order valence-electron chi connectivity index (χ2n) is 7.64. The first-order valence-corrected chi connectivity index (χ1v) is 10.6. The Balaban J connectivity index is 1.80. The van der Waals surface area contributed by atoms with E-state index < -0.39 is 0 Å². The van der Waals surface area contributed by atoms with Gasteiger partial charge in [-0.1, -0.05) is 48.5 Å². The van der Waals surface area contributed by atoms with Gasteiger partial charge in [0.25, 0.3) is 0 Å². The van der Waals surface area contributed by atoms with Gasteiger partial charge in [-0.3, -0.25) is 4.98 Å². The zero-order valence-corrected chi connectivity index (χ0v) is 16.3. The van der Waals surface area contributed by atoms with E-state index in [2.05, 4.69) is 78.9 Å². The third-order valence-electron chi connectivity index (χ3n) is 6.05. The van der Waals surface area contributed by atoms with E-state index in [0.29, 0.717) is 0 Å². The molecule has 2 heterocycles. The summed E-state index contributed by atoms with van der Waals surface area (Å²) in [5.74, 6) is 0. The standard InChI is InChI=1S/C27H15NS/c1-2-7-17-13-24-20(12-16(17)6-1)22-15-26-23(18-8-3-4-10-25(18)29-26)14-21(22)19-9-5-11-28-27(19)24/h1-15H. The molecule has 5 aromatic carbocycles. The molecule has 0 N–H and O–H groups in total. The number of aromatic nitrogens is 1. The summed E-state index contributed by atoms with van der Waals surface area (Å²) in [6, 6.07) is 30.9. The average Bonchev–Trinajstić information content (AvgIpc) is 3.15. The van der Waals surface area contributed by atoms with Crippen LogP contribution in [0.2, 0.25) is 0 Å². The minimum absolute atomic E-state index is 1.08. The Kier molecular flexibility index (Phi) is 2.94. The lowest BCUT2D eigenvalue weighted by atomic mass is 9.93. The molecule has 0 aliphatic carbocycles. The van der Waals surface area contributed by atoms with Crippen molar-refractivity contribution in [1.82, 2.24) is 4.98 Å². The number of hydrogen-bond donors (Lipinski definition) is 0. The fraction of sp³-hybridized carbons (Fsp3) is 0. The summed E-state index contributed by atoms with van der Waals surface area (Å²) in [4.78, 5) is 4.80. The Morgan fingerprint density at radius 2 is 1.17 bits per heavy atom. The van der Waals surface area contributed by atoms with Gasteiger partial charge < -0.3 is 0 Å². The van der Waals surface area contributed by atoms with Crippen molar-refractivity contribution < 1.29 is 0 Å². The lowest BCUT2D eigenvalue weighted by molar-refractivity contribution is 1.43. The molecular weight excluding hydrogens is 370 g/mol. The Bertz CT molecular complexity index is 1760. The van der Waals surface area contributed by atoms with Crippen molar-refractivity contribution in [1.29, 1.82) is 0 Å². The first kappa shape index (κ1) is 15.4. The van der Waals surface area contributed by atoms with Crippen molar-refractivity contribution >= 4 is 74.7 Å². The topological polar surface area (TPSA) is 12.9 Å². The molecule has 0 saturated heterocycles. The Morgan fingerprint density at radius 1 is 0.483 bits per heavy atom. The smallest absolute Gasteiger partial charge is 0.0786 e. The van der Waals surface area contributed by atoms with Gasteiger partial charge in [0, 0.05) is 37.1 Å². The molecule has 0 bridgehead atoms. The van der Waals surface area contributed by atoms with Gasteiger partial charge in [-0.05, 0) is 63.3 Å². The average molecular weight is 385 g/mol. The molecule has 7 aromatic rings. The van der Waals surface area contributed by atoms with E-state index in [1.807, 2.05) is 23.6 Å². The molecule has 29 heavy (non-hydrogen) atoms. The molecule has 0 spiro atoms. The van der Waals surface area contributed by atoms with Gasteiger partial charge in [-0.2, -0.15) is 0 Å². The number of pyridine rings is 1. The van der Waals surface area contributed by atoms with Crippen LogP contribution in [0.5, 0.6) is 0 Å². The molecular formula is C27H15NS. The highest BCUT2D eigenvalue weighted by molar-refractivity contribution is 7.25. The highest BCUT2D eigenvalue weighted by Gasteiger charge is 2.13. The third-order valence-corrected chi connectivity index (χ3v) is 7.18. The Morgan fingerprint density at radius 3 is 2.07 bits per heavy atom. The van der Waals surface area contributed by atoms with Gasteiger partial charge in [-0.25, -0.2) is 0 Å².